The molecule has 0 bridgehead atoms. The van der Waals surface area contributed by atoms with Gasteiger partial charge >= 0.3 is 0 Å². The van der Waals surface area contributed by atoms with Crippen molar-refractivity contribution in [3.63, 3.8) is 0 Å². The monoisotopic (exact) mass is 211 g/mol. The fourth-order valence-corrected chi connectivity index (χ4v) is 1.89. The van der Waals surface area contributed by atoms with E-state index >= 15 is 0 Å². The molecule has 0 amide bonds. The molecule has 0 aromatic heterocycles. The zero-order chi connectivity index (χ0) is 11.7. The highest BCUT2D eigenvalue weighted by atomic mass is 14.8. The molecule has 90 valence electrons. The molecule has 0 aromatic carbocycles. The van der Waals surface area contributed by atoms with E-state index in [0.29, 0.717) is 0 Å². The van der Waals surface area contributed by atoms with E-state index in [1.807, 2.05) is 0 Å². The quantitative estimate of drug-likeness (QED) is 0.472. The Balaban J connectivity index is 3.66. The molecule has 0 aliphatic heterocycles. The Kier molecular flexibility index (Phi) is 8.79. The third kappa shape index (κ3) is 7.61. The van der Waals surface area contributed by atoms with Gasteiger partial charge in [-0.15, -0.1) is 0 Å². The Morgan fingerprint density at radius 1 is 1.20 bits per heavy atom. The average molecular weight is 211 g/mol. The van der Waals surface area contributed by atoms with E-state index < -0.39 is 0 Å². The predicted molar refractivity (Wildman–Crippen MR) is 70.2 cm³/mol. The SMILES string of the molecule is CCC(CC)C(C)=CCCNCC(C)C. The van der Waals surface area contributed by atoms with Crippen LogP contribution in [-0.4, -0.2) is 13.1 Å². The Morgan fingerprint density at radius 3 is 2.27 bits per heavy atom. The normalized spacial score (nSPS) is 12.9. The fraction of sp³-hybridized carbons (Fsp3) is 0.857. The first kappa shape index (κ1) is 14.7. The van der Waals surface area contributed by atoms with Gasteiger partial charge in [-0.3, -0.25) is 0 Å². The van der Waals surface area contributed by atoms with Gasteiger partial charge < -0.3 is 5.32 Å². The van der Waals surface area contributed by atoms with E-state index in [4.69, 9.17) is 0 Å². The molecule has 0 saturated carbocycles. The third-order valence-corrected chi connectivity index (χ3v) is 2.97. The summed E-state index contributed by atoms with van der Waals surface area (Å²) >= 11 is 0. The van der Waals surface area contributed by atoms with E-state index in [2.05, 4.69) is 46.0 Å². The molecule has 1 heteroatoms. The van der Waals surface area contributed by atoms with Gasteiger partial charge in [-0.2, -0.15) is 0 Å². The molecule has 0 spiro atoms. The zero-order valence-corrected chi connectivity index (χ0v) is 11.3. The lowest BCUT2D eigenvalue weighted by Gasteiger charge is -2.13. The van der Waals surface area contributed by atoms with Gasteiger partial charge in [0.25, 0.3) is 0 Å². The number of allylic oxidation sites excluding steroid dienone is 1. The molecule has 1 nitrogen and oxygen atoms in total. The van der Waals surface area contributed by atoms with Gasteiger partial charge in [-0.1, -0.05) is 39.3 Å². The van der Waals surface area contributed by atoms with E-state index in [0.717, 1.165) is 24.9 Å². The van der Waals surface area contributed by atoms with Crippen molar-refractivity contribution in [1.82, 2.24) is 5.32 Å². The summed E-state index contributed by atoms with van der Waals surface area (Å²) in [7, 11) is 0. The maximum atomic E-state index is 3.47. The molecule has 0 atom stereocenters. The van der Waals surface area contributed by atoms with Gasteiger partial charge in [0, 0.05) is 0 Å². The van der Waals surface area contributed by atoms with Crippen LogP contribution < -0.4 is 5.32 Å². The van der Waals surface area contributed by atoms with Crippen LogP contribution in [0.25, 0.3) is 0 Å². The molecule has 0 fully saturated rings. The van der Waals surface area contributed by atoms with Crippen LogP contribution in [0.2, 0.25) is 0 Å². The Bertz CT molecular complexity index is 166. The van der Waals surface area contributed by atoms with Crippen molar-refractivity contribution in [2.24, 2.45) is 11.8 Å². The molecule has 1 N–H and O–H groups in total. The highest BCUT2D eigenvalue weighted by molar-refractivity contribution is 5.02. The summed E-state index contributed by atoms with van der Waals surface area (Å²) in [5.74, 6) is 1.56. The first-order valence-corrected chi connectivity index (χ1v) is 6.49. The van der Waals surface area contributed by atoms with Crippen LogP contribution in [0.3, 0.4) is 0 Å². The minimum Gasteiger partial charge on any atom is -0.316 e. The van der Waals surface area contributed by atoms with Gasteiger partial charge in [0.05, 0.1) is 0 Å². The van der Waals surface area contributed by atoms with Gasteiger partial charge in [0.1, 0.15) is 0 Å². The zero-order valence-electron chi connectivity index (χ0n) is 11.3. The summed E-state index contributed by atoms with van der Waals surface area (Å²) in [5.41, 5.74) is 1.58. The molecule has 0 heterocycles. The second kappa shape index (κ2) is 8.96. The minimum atomic E-state index is 0.758. The van der Waals surface area contributed by atoms with Crippen molar-refractivity contribution >= 4 is 0 Å². The standard InChI is InChI=1S/C14H29N/c1-6-14(7-2)13(5)9-8-10-15-11-12(3)4/h9,12,14-15H,6-8,10-11H2,1-5H3. The van der Waals surface area contributed by atoms with Crippen molar-refractivity contribution in [2.75, 3.05) is 13.1 Å². The Labute approximate surface area is 96.3 Å². The Morgan fingerprint density at radius 2 is 1.80 bits per heavy atom. The van der Waals surface area contributed by atoms with Crippen LogP contribution in [0.15, 0.2) is 11.6 Å². The van der Waals surface area contributed by atoms with Gasteiger partial charge in [-0.05, 0) is 51.1 Å². The van der Waals surface area contributed by atoms with Crippen LogP contribution in [-0.2, 0) is 0 Å². The average Bonchev–Trinajstić information content (AvgIpc) is 2.18. The molecule has 0 aliphatic carbocycles. The Hall–Kier alpha value is -0.300. The largest absolute Gasteiger partial charge is 0.316 e. The fourth-order valence-electron chi connectivity index (χ4n) is 1.89. The molecular formula is C14H29N. The summed E-state index contributed by atoms with van der Waals surface area (Å²) in [6.07, 6.45) is 6.14. The van der Waals surface area contributed by atoms with Crippen LogP contribution in [0.4, 0.5) is 0 Å². The van der Waals surface area contributed by atoms with E-state index in [1.54, 1.807) is 5.57 Å². The summed E-state index contributed by atoms with van der Waals surface area (Å²) in [6.45, 7) is 13.6. The molecule has 0 saturated heterocycles. The maximum Gasteiger partial charge on any atom is -0.00141 e. The molecule has 15 heavy (non-hydrogen) atoms. The molecule has 0 unspecified atom stereocenters. The van der Waals surface area contributed by atoms with Gasteiger partial charge in [0.15, 0.2) is 0 Å². The molecule has 0 aliphatic rings. The summed E-state index contributed by atoms with van der Waals surface area (Å²) in [4.78, 5) is 0. The minimum absolute atomic E-state index is 0.758. The van der Waals surface area contributed by atoms with Crippen LogP contribution in [0.1, 0.15) is 53.9 Å². The number of hydrogen-bond donors (Lipinski definition) is 1. The van der Waals surface area contributed by atoms with Gasteiger partial charge in [0.2, 0.25) is 0 Å². The first-order valence-electron chi connectivity index (χ1n) is 6.49. The molecule has 0 aromatic rings. The molecular weight excluding hydrogens is 182 g/mol. The van der Waals surface area contributed by atoms with Crippen LogP contribution >= 0.6 is 0 Å². The van der Waals surface area contributed by atoms with Crippen LogP contribution in [0.5, 0.6) is 0 Å². The van der Waals surface area contributed by atoms with Crippen molar-refractivity contribution in [1.29, 1.82) is 0 Å². The number of nitrogens with one attached hydrogen (secondary N) is 1. The smallest absolute Gasteiger partial charge is 0.00141 e. The van der Waals surface area contributed by atoms with Crippen LogP contribution in [0, 0.1) is 11.8 Å². The van der Waals surface area contributed by atoms with E-state index in [-0.39, 0.29) is 0 Å². The van der Waals surface area contributed by atoms with Crippen molar-refractivity contribution in [2.45, 2.75) is 53.9 Å². The summed E-state index contributed by atoms with van der Waals surface area (Å²) < 4.78 is 0. The summed E-state index contributed by atoms with van der Waals surface area (Å²) in [5, 5.41) is 3.47. The summed E-state index contributed by atoms with van der Waals surface area (Å²) in [6, 6.07) is 0. The second-order valence-corrected chi connectivity index (χ2v) is 4.85. The first-order chi connectivity index (χ1) is 7.11. The van der Waals surface area contributed by atoms with Crippen molar-refractivity contribution in [3.8, 4) is 0 Å². The lowest BCUT2D eigenvalue weighted by molar-refractivity contribution is 0.549. The van der Waals surface area contributed by atoms with Crippen molar-refractivity contribution < 1.29 is 0 Å². The third-order valence-electron chi connectivity index (χ3n) is 2.97. The molecule has 0 radical (unpaired) electrons. The predicted octanol–water partition coefficient (Wildman–Crippen LogP) is 4.00. The number of rotatable bonds is 8. The highest BCUT2D eigenvalue weighted by Crippen LogP contribution is 2.18. The van der Waals surface area contributed by atoms with Gasteiger partial charge in [-0.25, -0.2) is 0 Å². The highest BCUT2D eigenvalue weighted by Gasteiger charge is 2.04. The number of hydrogen-bond acceptors (Lipinski definition) is 1. The second-order valence-electron chi connectivity index (χ2n) is 4.85. The molecule has 0 rings (SSSR count). The topological polar surface area (TPSA) is 12.0 Å². The van der Waals surface area contributed by atoms with E-state index in [9.17, 15) is 0 Å². The lowest BCUT2D eigenvalue weighted by atomic mass is 9.94. The van der Waals surface area contributed by atoms with Crippen molar-refractivity contribution in [3.05, 3.63) is 11.6 Å². The maximum absolute atomic E-state index is 3.47. The lowest BCUT2D eigenvalue weighted by Crippen LogP contribution is -2.20. The van der Waals surface area contributed by atoms with E-state index in [1.165, 1.54) is 19.3 Å².